The maximum absolute atomic E-state index is 12.5. The standard InChI is InChI=1S/C23H33N5O2/c1-18-10-12-28(25-18)21-8-6-19(7-9-21)22(29)24-11-13-26-14-16-27(17-15-26)23(30)20-4-2-3-5-20/h6-9,20H,2-5,10-17H2,1H3,(H,24,29). The minimum absolute atomic E-state index is 0.0438. The number of rotatable bonds is 6. The Morgan fingerprint density at radius 1 is 1.03 bits per heavy atom. The first-order chi connectivity index (χ1) is 14.6. The van der Waals surface area contributed by atoms with Gasteiger partial charge in [-0.2, -0.15) is 5.10 Å². The molecule has 3 aliphatic rings. The third-order valence-corrected chi connectivity index (χ3v) is 6.51. The second-order valence-corrected chi connectivity index (χ2v) is 8.66. The summed E-state index contributed by atoms with van der Waals surface area (Å²) in [6, 6.07) is 7.64. The summed E-state index contributed by atoms with van der Waals surface area (Å²) in [7, 11) is 0. The van der Waals surface area contributed by atoms with Crippen LogP contribution in [0.5, 0.6) is 0 Å². The Labute approximate surface area is 179 Å². The molecule has 0 radical (unpaired) electrons. The molecule has 1 saturated heterocycles. The lowest BCUT2D eigenvalue weighted by atomic mass is 10.1. The van der Waals surface area contributed by atoms with Gasteiger partial charge in [-0.1, -0.05) is 12.8 Å². The van der Waals surface area contributed by atoms with Crippen LogP contribution in [0, 0.1) is 5.92 Å². The van der Waals surface area contributed by atoms with Crippen LogP contribution in [0.1, 0.15) is 49.4 Å². The Hall–Kier alpha value is -2.41. The minimum Gasteiger partial charge on any atom is -0.351 e. The van der Waals surface area contributed by atoms with E-state index in [-0.39, 0.29) is 11.8 Å². The van der Waals surface area contributed by atoms with Crippen LogP contribution in [0.2, 0.25) is 0 Å². The van der Waals surface area contributed by atoms with Gasteiger partial charge in [-0.05, 0) is 44.0 Å². The molecule has 1 aliphatic carbocycles. The number of hydrogen-bond donors (Lipinski definition) is 1. The normalized spacial score (nSPS) is 20.5. The second-order valence-electron chi connectivity index (χ2n) is 8.66. The van der Waals surface area contributed by atoms with Crippen LogP contribution in [-0.2, 0) is 4.79 Å². The molecule has 0 atom stereocenters. The smallest absolute Gasteiger partial charge is 0.251 e. The lowest BCUT2D eigenvalue weighted by Crippen LogP contribution is -2.51. The number of benzene rings is 1. The SMILES string of the molecule is CC1=NN(c2ccc(C(=O)NCCN3CCN(C(=O)C4CCCC4)CC3)cc2)CC1. The predicted molar refractivity (Wildman–Crippen MR) is 119 cm³/mol. The van der Waals surface area contributed by atoms with Crippen molar-refractivity contribution in [2.24, 2.45) is 11.0 Å². The zero-order valence-corrected chi connectivity index (χ0v) is 18.0. The second kappa shape index (κ2) is 9.60. The summed E-state index contributed by atoms with van der Waals surface area (Å²) in [6.07, 6.45) is 5.52. The largest absolute Gasteiger partial charge is 0.351 e. The van der Waals surface area contributed by atoms with Crippen LogP contribution in [0.4, 0.5) is 5.69 Å². The average Bonchev–Trinajstić information content (AvgIpc) is 3.46. The van der Waals surface area contributed by atoms with Gasteiger partial charge < -0.3 is 10.2 Å². The molecule has 0 spiro atoms. The van der Waals surface area contributed by atoms with Gasteiger partial charge in [0.1, 0.15) is 0 Å². The summed E-state index contributed by atoms with van der Waals surface area (Å²) >= 11 is 0. The summed E-state index contributed by atoms with van der Waals surface area (Å²) in [5, 5.41) is 9.49. The van der Waals surface area contributed by atoms with E-state index in [0.717, 1.165) is 69.9 Å². The van der Waals surface area contributed by atoms with Gasteiger partial charge in [0.15, 0.2) is 0 Å². The molecule has 2 heterocycles. The van der Waals surface area contributed by atoms with Crippen molar-refractivity contribution < 1.29 is 9.59 Å². The third-order valence-electron chi connectivity index (χ3n) is 6.51. The minimum atomic E-state index is -0.0438. The molecule has 7 heteroatoms. The fourth-order valence-corrected chi connectivity index (χ4v) is 4.60. The number of nitrogens with zero attached hydrogens (tertiary/aromatic N) is 4. The maximum atomic E-state index is 12.5. The highest BCUT2D eigenvalue weighted by atomic mass is 16.2. The van der Waals surface area contributed by atoms with E-state index in [4.69, 9.17) is 0 Å². The molecule has 2 amide bonds. The van der Waals surface area contributed by atoms with Gasteiger partial charge >= 0.3 is 0 Å². The molecule has 4 rings (SSSR count). The Morgan fingerprint density at radius 2 is 1.73 bits per heavy atom. The summed E-state index contributed by atoms with van der Waals surface area (Å²) in [4.78, 5) is 29.3. The van der Waals surface area contributed by atoms with Crippen LogP contribution >= 0.6 is 0 Å². The molecule has 0 aromatic heterocycles. The predicted octanol–water partition coefficient (Wildman–Crippen LogP) is 2.34. The van der Waals surface area contributed by atoms with Crippen molar-refractivity contribution in [2.75, 3.05) is 50.8 Å². The third kappa shape index (κ3) is 5.01. The number of hydrogen-bond acceptors (Lipinski definition) is 5. The zero-order chi connectivity index (χ0) is 20.9. The van der Waals surface area contributed by atoms with E-state index in [2.05, 4.69) is 15.3 Å². The fourth-order valence-electron chi connectivity index (χ4n) is 4.60. The molecular weight excluding hydrogens is 378 g/mol. The monoisotopic (exact) mass is 411 g/mol. The van der Waals surface area contributed by atoms with Crippen molar-refractivity contribution >= 4 is 23.2 Å². The van der Waals surface area contributed by atoms with E-state index in [9.17, 15) is 9.59 Å². The van der Waals surface area contributed by atoms with Gasteiger partial charge in [0.25, 0.3) is 5.91 Å². The Balaban J connectivity index is 1.17. The van der Waals surface area contributed by atoms with Crippen LogP contribution in [0.25, 0.3) is 0 Å². The van der Waals surface area contributed by atoms with Crippen molar-refractivity contribution in [1.82, 2.24) is 15.1 Å². The van der Waals surface area contributed by atoms with Crippen molar-refractivity contribution in [3.05, 3.63) is 29.8 Å². The number of carbonyl (C=O) groups is 2. The number of anilines is 1. The molecule has 0 unspecified atom stereocenters. The Bertz CT molecular complexity index is 777. The van der Waals surface area contributed by atoms with Gasteiger partial charge in [0, 0.05) is 69.4 Å². The highest BCUT2D eigenvalue weighted by Crippen LogP contribution is 2.27. The van der Waals surface area contributed by atoms with E-state index < -0.39 is 0 Å². The van der Waals surface area contributed by atoms with E-state index in [1.54, 1.807) is 0 Å². The molecule has 162 valence electrons. The van der Waals surface area contributed by atoms with E-state index in [1.807, 2.05) is 41.1 Å². The molecule has 1 aromatic rings. The molecule has 2 aliphatic heterocycles. The van der Waals surface area contributed by atoms with Crippen LogP contribution < -0.4 is 10.3 Å². The van der Waals surface area contributed by atoms with E-state index in [0.29, 0.717) is 18.0 Å². The van der Waals surface area contributed by atoms with Crippen molar-refractivity contribution in [2.45, 2.75) is 39.0 Å². The topological polar surface area (TPSA) is 68.2 Å². The number of hydrazone groups is 1. The quantitative estimate of drug-likeness (QED) is 0.780. The molecule has 2 fully saturated rings. The molecule has 7 nitrogen and oxygen atoms in total. The molecule has 30 heavy (non-hydrogen) atoms. The van der Waals surface area contributed by atoms with Crippen molar-refractivity contribution in [1.29, 1.82) is 0 Å². The Morgan fingerprint density at radius 3 is 2.37 bits per heavy atom. The molecular formula is C23H33N5O2. The van der Waals surface area contributed by atoms with Gasteiger partial charge in [-0.3, -0.25) is 19.5 Å². The number of carbonyl (C=O) groups excluding carboxylic acids is 2. The van der Waals surface area contributed by atoms with Crippen LogP contribution in [-0.4, -0.2) is 73.1 Å². The van der Waals surface area contributed by atoms with Crippen LogP contribution in [0.15, 0.2) is 29.4 Å². The van der Waals surface area contributed by atoms with Gasteiger partial charge in [-0.25, -0.2) is 0 Å². The molecule has 1 aromatic carbocycles. The molecule has 1 saturated carbocycles. The van der Waals surface area contributed by atoms with Crippen LogP contribution in [0.3, 0.4) is 0 Å². The highest BCUT2D eigenvalue weighted by Gasteiger charge is 2.29. The van der Waals surface area contributed by atoms with E-state index in [1.165, 1.54) is 12.8 Å². The number of piperazine rings is 1. The summed E-state index contributed by atoms with van der Waals surface area (Å²) in [6.45, 7) is 7.76. The Kier molecular flexibility index (Phi) is 6.67. The van der Waals surface area contributed by atoms with Crippen molar-refractivity contribution in [3.63, 3.8) is 0 Å². The molecule has 1 N–H and O–H groups in total. The van der Waals surface area contributed by atoms with Gasteiger partial charge in [-0.15, -0.1) is 0 Å². The van der Waals surface area contributed by atoms with Crippen molar-refractivity contribution in [3.8, 4) is 0 Å². The maximum Gasteiger partial charge on any atom is 0.251 e. The first kappa shape index (κ1) is 20.8. The average molecular weight is 412 g/mol. The number of amides is 2. The summed E-state index contributed by atoms with van der Waals surface area (Å²) in [5.41, 5.74) is 2.83. The summed E-state index contributed by atoms with van der Waals surface area (Å²) in [5.74, 6) is 0.583. The number of nitrogens with one attached hydrogen (secondary N) is 1. The van der Waals surface area contributed by atoms with Gasteiger partial charge in [0.05, 0.1) is 5.69 Å². The molecule has 0 bridgehead atoms. The highest BCUT2D eigenvalue weighted by molar-refractivity contribution is 5.94. The first-order valence-corrected chi connectivity index (χ1v) is 11.3. The zero-order valence-electron chi connectivity index (χ0n) is 18.0. The lowest BCUT2D eigenvalue weighted by molar-refractivity contribution is -0.137. The summed E-state index contributed by atoms with van der Waals surface area (Å²) < 4.78 is 0. The fraction of sp³-hybridized carbons (Fsp3) is 0.609. The first-order valence-electron chi connectivity index (χ1n) is 11.3. The lowest BCUT2D eigenvalue weighted by Gasteiger charge is -2.36. The van der Waals surface area contributed by atoms with Gasteiger partial charge in [0.2, 0.25) is 5.91 Å². The van der Waals surface area contributed by atoms with E-state index >= 15 is 0 Å².